The van der Waals surface area contributed by atoms with Gasteiger partial charge in [-0.3, -0.25) is 9.36 Å². The van der Waals surface area contributed by atoms with Crippen LogP contribution in [0.5, 0.6) is 5.75 Å². The number of amides is 1. The Bertz CT molecular complexity index is 1260. The number of hydrogen-bond donors (Lipinski definition) is 0. The third-order valence-corrected chi connectivity index (χ3v) is 7.37. The van der Waals surface area contributed by atoms with Crippen LogP contribution >= 0.6 is 23.1 Å². The zero-order valence-corrected chi connectivity index (χ0v) is 21.3. The number of methoxy groups -OCH3 is 1. The molecule has 0 radical (unpaired) electrons. The Morgan fingerprint density at radius 2 is 1.88 bits per heavy atom. The van der Waals surface area contributed by atoms with Gasteiger partial charge in [-0.25, -0.2) is 4.98 Å². The first-order valence-electron chi connectivity index (χ1n) is 11.1. The van der Waals surface area contributed by atoms with Crippen LogP contribution in [0.3, 0.4) is 0 Å². The Hall–Kier alpha value is -3.17. The van der Waals surface area contributed by atoms with Gasteiger partial charge in [0, 0.05) is 29.7 Å². The van der Waals surface area contributed by atoms with Crippen molar-refractivity contribution >= 4 is 29.0 Å². The summed E-state index contributed by atoms with van der Waals surface area (Å²) < 4.78 is 7.45. The van der Waals surface area contributed by atoms with Crippen molar-refractivity contribution in [3.63, 3.8) is 0 Å². The number of nitrogens with zero attached hydrogens (tertiary/aromatic N) is 5. The minimum Gasteiger partial charge on any atom is -0.497 e. The van der Waals surface area contributed by atoms with E-state index in [0.717, 1.165) is 33.0 Å². The zero-order valence-electron chi connectivity index (χ0n) is 19.7. The topological polar surface area (TPSA) is 73.1 Å². The molecule has 0 bridgehead atoms. The summed E-state index contributed by atoms with van der Waals surface area (Å²) in [4.78, 5) is 19.0. The highest BCUT2D eigenvalue weighted by atomic mass is 32.2. The molecule has 2 heterocycles. The molecule has 2 aromatic heterocycles. The maximum Gasteiger partial charge on any atom is 0.273 e. The summed E-state index contributed by atoms with van der Waals surface area (Å²) in [6, 6.07) is 16.1. The number of thiazole rings is 1. The molecule has 176 valence electrons. The van der Waals surface area contributed by atoms with E-state index in [-0.39, 0.29) is 5.91 Å². The third-order valence-electron chi connectivity index (χ3n) is 5.40. The molecule has 0 aliphatic heterocycles. The van der Waals surface area contributed by atoms with Crippen molar-refractivity contribution in [1.82, 2.24) is 24.6 Å². The Kier molecular flexibility index (Phi) is 7.64. The Morgan fingerprint density at radius 1 is 1.12 bits per heavy atom. The van der Waals surface area contributed by atoms with E-state index in [9.17, 15) is 4.79 Å². The number of ether oxygens (including phenoxy) is 1. The van der Waals surface area contributed by atoms with Crippen LogP contribution in [0.25, 0.3) is 17.1 Å². The molecule has 1 amide bonds. The summed E-state index contributed by atoms with van der Waals surface area (Å²) in [6.07, 6.45) is 0. The fourth-order valence-corrected chi connectivity index (χ4v) is 5.25. The number of rotatable bonds is 9. The second kappa shape index (κ2) is 10.8. The molecule has 0 unspecified atom stereocenters. The predicted molar refractivity (Wildman–Crippen MR) is 137 cm³/mol. The first-order valence-corrected chi connectivity index (χ1v) is 12.9. The Balaban J connectivity index is 1.63. The Labute approximate surface area is 207 Å². The van der Waals surface area contributed by atoms with Crippen LogP contribution < -0.4 is 4.74 Å². The summed E-state index contributed by atoms with van der Waals surface area (Å²) in [7, 11) is 1.65. The second-order valence-corrected chi connectivity index (χ2v) is 9.49. The first kappa shape index (κ1) is 24.0. The molecule has 0 atom stereocenters. The summed E-state index contributed by atoms with van der Waals surface area (Å²) in [6.45, 7) is 7.35. The largest absolute Gasteiger partial charge is 0.497 e. The van der Waals surface area contributed by atoms with Crippen molar-refractivity contribution in [3.05, 3.63) is 70.2 Å². The molecule has 0 fully saturated rings. The lowest BCUT2D eigenvalue weighted by Crippen LogP contribution is -2.30. The highest BCUT2D eigenvalue weighted by Crippen LogP contribution is 2.31. The lowest BCUT2D eigenvalue weighted by Gasteiger charge is -2.16. The fraction of sp³-hybridized carbons (Fsp3) is 0.280. The van der Waals surface area contributed by atoms with Crippen molar-refractivity contribution in [2.24, 2.45) is 0 Å². The first-order chi connectivity index (χ1) is 16.5. The molecule has 0 aliphatic rings. The van der Waals surface area contributed by atoms with E-state index in [1.807, 2.05) is 43.5 Å². The summed E-state index contributed by atoms with van der Waals surface area (Å²) in [5, 5.41) is 12.5. The van der Waals surface area contributed by atoms with Gasteiger partial charge in [0.25, 0.3) is 5.91 Å². The van der Waals surface area contributed by atoms with Crippen LogP contribution in [-0.2, 0) is 5.75 Å². The van der Waals surface area contributed by atoms with E-state index in [0.29, 0.717) is 24.5 Å². The van der Waals surface area contributed by atoms with Gasteiger partial charge in [0.15, 0.2) is 11.0 Å². The Morgan fingerprint density at radius 3 is 2.59 bits per heavy atom. The minimum atomic E-state index is -0.0272. The number of hydrogen-bond acceptors (Lipinski definition) is 7. The predicted octanol–water partition coefficient (Wildman–Crippen LogP) is 5.48. The molecule has 2 aromatic carbocycles. The van der Waals surface area contributed by atoms with E-state index < -0.39 is 0 Å². The molecule has 0 saturated carbocycles. The van der Waals surface area contributed by atoms with Crippen molar-refractivity contribution in [2.75, 3.05) is 20.2 Å². The average Bonchev–Trinajstić information content (AvgIpc) is 3.51. The van der Waals surface area contributed by atoms with E-state index in [4.69, 9.17) is 4.74 Å². The lowest BCUT2D eigenvalue weighted by molar-refractivity contribution is 0.0768. The smallest absolute Gasteiger partial charge is 0.273 e. The van der Waals surface area contributed by atoms with Gasteiger partial charge in [0.2, 0.25) is 0 Å². The van der Waals surface area contributed by atoms with Gasteiger partial charge in [-0.15, -0.1) is 21.5 Å². The van der Waals surface area contributed by atoms with E-state index in [1.54, 1.807) is 23.8 Å². The standard InChI is InChI=1S/C25H27N5O2S2/c1-5-29(6-2)24(31)21-15-33-22(26-21)16-34-25-28-27-23(18-8-7-9-20(14-18)32-4)30(25)19-12-10-17(3)11-13-19/h7-15H,5-6,16H2,1-4H3. The number of thioether (sulfide) groups is 1. The van der Waals surface area contributed by atoms with E-state index in [1.165, 1.54) is 16.9 Å². The van der Waals surface area contributed by atoms with Gasteiger partial charge in [-0.1, -0.05) is 41.6 Å². The maximum atomic E-state index is 12.6. The second-order valence-electron chi connectivity index (χ2n) is 7.60. The molecule has 0 aliphatic carbocycles. The molecule has 0 saturated heterocycles. The van der Waals surface area contributed by atoms with E-state index >= 15 is 0 Å². The van der Waals surface area contributed by atoms with Crippen LogP contribution in [0.4, 0.5) is 0 Å². The molecular formula is C25H27N5O2S2. The van der Waals surface area contributed by atoms with Gasteiger partial charge in [0.1, 0.15) is 16.5 Å². The highest BCUT2D eigenvalue weighted by molar-refractivity contribution is 7.98. The highest BCUT2D eigenvalue weighted by Gasteiger charge is 2.19. The van der Waals surface area contributed by atoms with Crippen LogP contribution in [0.2, 0.25) is 0 Å². The van der Waals surface area contributed by atoms with Gasteiger partial charge in [-0.2, -0.15) is 0 Å². The van der Waals surface area contributed by atoms with Crippen LogP contribution in [0.15, 0.2) is 59.1 Å². The van der Waals surface area contributed by atoms with Crippen molar-refractivity contribution in [3.8, 4) is 22.8 Å². The minimum absolute atomic E-state index is 0.0272. The quantitative estimate of drug-likeness (QED) is 0.287. The molecular weight excluding hydrogens is 466 g/mol. The van der Waals surface area contributed by atoms with Crippen molar-refractivity contribution < 1.29 is 9.53 Å². The van der Waals surface area contributed by atoms with Gasteiger partial charge >= 0.3 is 0 Å². The number of benzene rings is 2. The van der Waals surface area contributed by atoms with Crippen molar-refractivity contribution in [2.45, 2.75) is 31.7 Å². The third kappa shape index (κ3) is 5.15. The molecule has 4 rings (SSSR count). The van der Waals surface area contributed by atoms with Gasteiger partial charge in [-0.05, 0) is 45.0 Å². The number of carbonyl (C=O) groups excluding carboxylic acids is 1. The molecule has 4 aromatic rings. The summed E-state index contributed by atoms with van der Waals surface area (Å²) in [5.74, 6) is 2.07. The monoisotopic (exact) mass is 493 g/mol. The van der Waals surface area contributed by atoms with Crippen molar-refractivity contribution in [1.29, 1.82) is 0 Å². The van der Waals surface area contributed by atoms with Crippen LogP contribution in [-0.4, -0.2) is 50.8 Å². The zero-order chi connectivity index (χ0) is 24.1. The van der Waals surface area contributed by atoms with Crippen LogP contribution in [0.1, 0.15) is 34.9 Å². The molecule has 7 nitrogen and oxygen atoms in total. The summed E-state index contributed by atoms with van der Waals surface area (Å²) >= 11 is 3.04. The summed E-state index contributed by atoms with van der Waals surface area (Å²) in [5.41, 5.74) is 3.58. The van der Waals surface area contributed by atoms with Gasteiger partial charge in [0.05, 0.1) is 12.9 Å². The maximum absolute atomic E-state index is 12.6. The number of carbonyl (C=O) groups is 1. The normalized spacial score (nSPS) is 10.9. The van der Waals surface area contributed by atoms with E-state index in [2.05, 4.69) is 50.9 Å². The fourth-order valence-electron chi connectivity index (χ4n) is 3.51. The molecule has 0 spiro atoms. The molecule has 0 N–H and O–H groups in total. The number of aromatic nitrogens is 4. The molecule has 34 heavy (non-hydrogen) atoms. The lowest BCUT2D eigenvalue weighted by atomic mass is 10.2. The molecule has 9 heteroatoms. The average molecular weight is 494 g/mol. The SMILES string of the molecule is CCN(CC)C(=O)c1csc(CSc2nnc(-c3cccc(OC)c3)n2-c2ccc(C)cc2)n1. The van der Waals surface area contributed by atoms with Gasteiger partial charge < -0.3 is 9.64 Å². The van der Waals surface area contributed by atoms with Crippen LogP contribution in [0, 0.1) is 6.92 Å². The number of aryl methyl sites for hydroxylation is 1.